The highest BCUT2D eigenvalue weighted by Gasteiger charge is 2.35. The van der Waals surface area contributed by atoms with Crippen molar-refractivity contribution >= 4 is 21.6 Å². The molecule has 0 aliphatic rings. The van der Waals surface area contributed by atoms with Crippen molar-refractivity contribution in [2.45, 2.75) is 26.1 Å². The maximum atomic E-state index is 13.0. The Balaban J connectivity index is 2.23. The van der Waals surface area contributed by atoms with E-state index in [4.69, 9.17) is 4.74 Å². The highest BCUT2D eigenvalue weighted by molar-refractivity contribution is 7.13. The predicted molar refractivity (Wildman–Crippen MR) is 91.2 cm³/mol. The van der Waals surface area contributed by atoms with Crippen molar-refractivity contribution in [3.05, 3.63) is 50.8 Å². The van der Waals surface area contributed by atoms with Gasteiger partial charge in [-0.05, 0) is 43.6 Å². The van der Waals surface area contributed by atoms with Gasteiger partial charge in [-0.3, -0.25) is 9.36 Å². The van der Waals surface area contributed by atoms with E-state index in [0.29, 0.717) is 26.5 Å². The third-order valence-corrected chi connectivity index (χ3v) is 4.45. The van der Waals surface area contributed by atoms with Gasteiger partial charge < -0.3 is 4.74 Å². The third-order valence-electron chi connectivity index (χ3n) is 3.64. The zero-order chi connectivity index (χ0) is 19.2. The van der Waals surface area contributed by atoms with E-state index in [1.165, 1.54) is 23.7 Å². The number of ether oxygens (including phenoxy) is 1. The van der Waals surface area contributed by atoms with Gasteiger partial charge in [0.2, 0.25) is 5.88 Å². The lowest BCUT2D eigenvalue weighted by molar-refractivity contribution is -0.144. The van der Waals surface area contributed by atoms with Crippen molar-refractivity contribution in [3.8, 4) is 11.6 Å². The topological polar surface area (TPSA) is 66.1 Å². The van der Waals surface area contributed by atoms with Crippen molar-refractivity contribution in [1.29, 1.82) is 0 Å². The van der Waals surface area contributed by atoms with Crippen LogP contribution in [0.25, 0.3) is 15.8 Å². The molecule has 0 aliphatic heterocycles. The zero-order valence-corrected chi connectivity index (χ0v) is 14.8. The van der Waals surface area contributed by atoms with Crippen molar-refractivity contribution < 1.29 is 17.9 Å². The van der Waals surface area contributed by atoms with Gasteiger partial charge in [-0.25, -0.2) is 9.36 Å². The minimum atomic E-state index is -4.80. The summed E-state index contributed by atoms with van der Waals surface area (Å²) in [6, 6.07) is 5.03. The second-order valence-electron chi connectivity index (χ2n) is 5.88. The van der Waals surface area contributed by atoms with Gasteiger partial charge in [-0.2, -0.15) is 17.5 Å². The van der Waals surface area contributed by atoms with Crippen molar-refractivity contribution in [2.24, 2.45) is 7.05 Å². The maximum absolute atomic E-state index is 13.0. The van der Waals surface area contributed by atoms with Crippen molar-refractivity contribution in [2.75, 3.05) is 0 Å². The zero-order valence-electron chi connectivity index (χ0n) is 14.0. The molecule has 3 rings (SSSR count). The molecule has 2 heterocycles. The standard InChI is InChI=1S/C16H14F3N3O3S/c1-8(2)25-14-10-6-9(4-5-11(10)26-20-14)22-13(23)7-12(16(17,18)19)21(3)15(22)24/h4-8H,1-3H3. The Morgan fingerprint density at radius 3 is 2.50 bits per heavy atom. The number of hydrogen-bond donors (Lipinski definition) is 0. The number of fused-ring (bicyclic) bond motifs is 1. The summed E-state index contributed by atoms with van der Waals surface area (Å²) in [4.78, 5) is 24.6. The molecular weight excluding hydrogens is 371 g/mol. The van der Waals surface area contributed by atoms with E-state index >= 15 is 0 Å². The van der Waals surface area contributed by atoms with Crippen LogP contribution in [0.2, 0.25) is 0 Å². The minimum absolute atomic E-state index is 0.134. The van der Waals surface area contributed by atoms with Crippen LogP contribution < -0.4 is 16.0 Å². The fourth-order valence-corrected chi connectivity index (χ4v) is 3.18. The number of aromatic nitrogens is 3. The highest BCUT2D eigenvalue weighted by Crippen LogP contribution is 2.31. The maximum Gasteiger partial charge on any atom is 0.431 e. The molecule has 0 saturated carbocycles. The van der Waals surface area contributed by atoms with Crippen LogP contribution in [-0.4, -0.2) is 19.6 Å². The summed E-state index contributed by atoms with van der Waals surface area (Å²) in [5.74, 6) is 0.346. The summed E-state index contributed by atoms with van der Waals surface area (Å²) in [7, 11) is 0.971. The Morgan fingerprint density at radius 1 is 1.19 bits per heavy atom. The molecule has 0 radical (unpaired) electrons. The van der Waals surface area contributed by atoms with Gasteiger partial charge in [0.15, 0.2) is 0 Å². The van der Waals surface area contributed by atoms with Gasteiger partial charge in [-0.15, -0.1) is 0 Å². The van der Waals surface area contributed by atoms with E-state index in [0.717, 1.165) is 11.7 Å². The molecule has 0 unspecified atom stereocenters. The molecule has 0 fully saturated rings. The predicted octanol–water partition coefficient (Wildman–Crippen LogP) is 2.95. The smallest absolute Gasteiger partial charge is 0.431 e. The van der Waals surface area contributed by atoms with E-state index < -0.39 is 23.1 Å². The minimum Gasteiger partial charge on any atom is -0.474 e. The summed E-state index contributed by atoms with van der Waals surface area (Å²) < 4.78 is 50.5. The fraction of sp³-hybridized carbons (Fsp3) is 0.312. The van der Waals surface area contributed by atoms with Crippen LogP contribution in [0.4, 0.5) is 13.2 Å². The van der Waals surface area contributed by atoms with Crippen molar-refractivity contribution in [1.82, 2.24) is 13.5 Å². The van der Waals surface area contributed by atoms with Crippen LogP contribution in [0.5, 0.6) is 5.88 Å². The van der Waals surface area contributed by atoms with E-state index in [1.807, 2.05) is 13.8 Å². The van der Waals surface area contributed by atoms with Crippen LogP contribution in [0.15, 0.2) is 33.9 Å². The number of alkyl halides is 3. The number of hydrogen-bond acceptors (Lipinski definition) is 5. The Hall–Kier alpha value is -2.62. The molecule has 3 aromatic rings. The number of benzene rings is 1. The van der Waals surface area contributed by atoms with Gasteiger partial charge in [-0.1, -0.05) is 0 Å². The average molecular weight is 385 g/mol. The quantitative estimate of drug-likeness (QED) is 0.695. The van der Waals surface area contributed by atoms with Gasteiger partial charge in [0, 0.05) is 13.1 Å². The second-order valence-corrected chi connectivity index (χ2v) is 6.68. The summed E-state index contributed by atoms with van der Waals surface area (Å²) >= 11 is 1.18. The van der Waals surface area contributed by atoms with Gasteiger partial charge in [0.1, 0.15) is 5.69 Å². The first-order valence-electron chi connectivity index (χ1n) is 7.56. The molecule has 1 aromatic carbocycles. The highest BCUT2D eigenvalue weighted by atomic mass is 32.1. The third kappa shape index (κ3) is 3.12. The van der Waals surface area contributed by atoms with E-state index in [-0.39, 0.29) is 11.8 Å². The molecule has 0 amide bonds. The van der Waals surface area contributed by atoms with Crippen LogP contribution in [0, 0.1) is 0 Å². The Kier molecular flexibility index (Phi) is 4.39. The summed E-state index contributed by atoms with van der Waals surface area (Å²) in [5.41, 5.74) is -3.30. The molecule has 0 bridgehead atoms. The normalized spacial score (nSPS) is 12.1. The molecule has 0 spiro atoms. The van der Waals surface area contributed by atoms with Gasteiger partial charge >= 0.3 is 11.9 Å². The lowest BCUT2D eigenvalue weighted by Crippen LogP contribution is -2.40. The van der Waals surface area contributed by atoms with E-state index in [2.05, 4.69) is 4.37 Å². The van der Waals surface area contributed by atoms with Crippen LogP contribution in [0.1, 0.15) is 19.5 Å². The average Bonchev–Trinajstić information content (AvgIpc) is 2.92. The Morgan fingerprint density at radius 2 is 1.88 bits per heavy atom. The Bertz CT molecular complexity index is 1100. The van der Waals surface area contributed by atoms with Crippen molar-refractivity contribution in [3.63, 3.8) is 0 Å². The van der Waals surface area contributed by atoms with Gasteiger partial charge in [0.05, 0.1) is 21.9 Å². The first kappa shape index (κ1) is 18.2. The first-order valence-corrected chi connectivity index (χ1v) is 8.33. The van der Waals surface area contributed by atoms with Gasteiger partial charge in [0.25, 0.3) is 5.56 Å². The fourth-order valence-electron chi connectivity index (χ4n) is 2.49. The van der Waals surface area contributed by atoms with Crippen LogP contribution >= 0.6 is 11.5 Å². The molecule has 26 heavy (non-hydrogen) atoms. The largest absolute Gasteiger partial charge is 0.474 e. The van der Waals surface area contributed by atoms with E-state index in [1.54, 1.807) is 6.07 Å². The molecule has 138 valence electrons. The first-order chi connectivity index (χ1) is 12.1. The second kappa shape index (κ2) is 6.27. The molecule has 0 aliphatic carbocycles. The lowest BCUT2D eigenvalue weighted by atomic mass is 10.2. The summed E-state index contributed by atoms with van der Waals surface area (Å²) in [6.07, 6.45) is -4.93. The SMILES string of the molecule is CC(C)Oc1nsc2ccc(-n3c(=O)cc(C(F)(F)F)n(C)c3=O)cc12. The Labute approximate surface area is 149 Å². The molecule has 0 N–H and O–H groups in total. The monoisotopic (exact) mass is 385 g/mol. The molecular formula is C16H14F3N3O3S. The van der Waals surface area contributed by atoms with E-state index in [9.17, 15) is 22.8 Å². The molecule has 0 saturated heterocycles. The molecule has 6 nitrogen and oxygen atoms in total. The molecule has 0 atom stereocenters. The van der Waals surface area contributed by atoms with Crippen LogP contribution in [0.3, 0.4) is 0 Å². The summed E-state index contributed by atoms with van der Waals surface area (Å²) in [5, 5.41) is 0.579. The number of rotatable bonds is 3. The molecule has 2 aromatic heterocycles. The van der Waals surface area contributed by atoms with Crippen LogP contribution in [-0.2, 0) is 13.2 Å². The number of nitrogens with zero attached hydrogens (tertiary/aromatic N) is 3. The lowest BCUT2D eigenvalue weighted by Gasteiger charge is -2.14. The molecule has 10 heteroatoms. The summed E-state index contributed by atoms with van der Waals surface area (Å²) in [6.45, 7) is 3.65. The number of halogens is 3.